The van der Waals surface area contributed by atoms with Crippen LogP contribution in [0.3, 0.4) is 0 Å². The molecule has 0 radical (unpaired) electrons. The second-order valence-electron chi connectivity index (χ2n) is 8.35. The second-order valence-corrected chi connectivity index (χ2v) is 8.35. The summed E-state index contributed by atoms with van der Waals surface area (Å²) in [5.74, 6) is -0.353. The van der Waals surface area contributed by atoms with Crippen molar-refractivity contribution in [3.05, 3.63) is 0 Å². The van der Waals surface area contributed by atoms with Crippen molar-refractivity contribution in [3.8, 4) is 0 Å². The molecule has 0 aromatic rings. The molecule has 3 heterocycles. The first-order valence-corrected chi connectivity index (χ1v) is 8.41. The van der Waals surface area contributed by atoms with Crippen molar-refractivity contribution >= 4 is 11.9 Å². The number of hydrogen-bond acceptors (Lipinski definition) is 6. The molecule has 2 bridgehead atoms. The van der Waals surface area contributed by atoms with Gasteiger partial charge in [0.05, 0.1) is 12.2 Å². The van der Waals surface area contributed by atoms with Crippen LogP contribution < -0.4 is 0 Å². The summed E-state index contributed by atoms with van der Waals surface area (Å²) in [6.07, 6.45) is -1.40. The lowest BCUT2D eigenvalue weighted by Crippen LogP contribution is -2.50. The first kappa shape index (κ1) is 14.2. The molecule has 126 valence electrons. The molecule has 0 aromatic heterocycles. The van der Waals surface area contributed by atoms with Crippen molar-refractivity contribution in [2.24, 2.45) is 28.1 Å². The molecule has 3 aliphatic heterocycles. The van der Waals surface area contributed by atoms with Gasteiger partial charge in [-0.15, -0.1) is 0 Å². The van der Waals surface area contributed by atoms with Crippen LogP contribution in [0.5, 0.6) is 0 Å². The third-order valence-electron chi connectivity index (χ3n) is 8.17. The highest BCUT2D eigenvalue weighted by Crippen LogP contribution is 2.81. The first-order chi connectivity index (χ1) is 10.7. The lowest BCUT2D eigenvalue weighted by atomic mass is 9.63. The summed E-state index contributed by atoms with van der Waals surface area (Å²) in [5.41, 5.74) is -1.37. The van der Waals surface area contributed by atoms with Crippen LogP contribution in [0.4, 0.5) is 0 Å². The van der Waals surface area contributed by atoms with Gasteiger partial charge in [-0.25, -0.2) is 0 Å². The van der Waals surface area contributed by atoms with E-state index in [1.54, 1.807) is 0 Å². The zero-order valence-corrected chi connectivity index (χ0v) is 14.0. The van der Waals surface area contributed by atoms with Crippen molar-refractivity contribution in [2.75, 3.05) is 0 Å². The molecule has 6 nitrogen and oxygen atoms in total. The van der Waals surface area contributed by atoms with Gasteiger partial charge < -0.3 is 18.9 Å². The van der Waals surface area contributed by atoms with Crippen LogP contribution in [0.15, 0.2) is 0 Å². The Hall–Kier alpha value is -1.14. The molecule has 2 aliphatic carbocycles. The van der Waals surface area contributed by atoms with Crippen molar-refractivity contribution in [1.82, 2.24) is 0 Å². The largest absolute Gasteiger partial charge is 0.459 e. The second kappa shape index (κ2) is 3.59. The Labute approximate surface area is 134 Å². The van der Waals surface area contributed by atoms with Crippen LogP contribution in [-0.4, -0.2) is 42.6 Å². The average Bonchev–Trinajstić information content (AvgIpc) is 3.04. The maximum atomic E-state index is 12.8. The SMILES string of the molecule is CC(=O)O[C@@H]1[C@@H]2O[C@@H]3[C@@]4(C(=O)O[C@H]5O[C@H]54)[C@@H](C)[C@@]1(C)[C@]3(C)[C@@H]2C. The van der Waals surface area contributed by atoms with E-state index in [4.69, 9.17) is 18.9 Å². The number of carbonyl (C=O) groups is 2. The van der Waals surface area contributed by atoms with Gasteiger partial charge >= 0.3 is 11.9 Å². The van der Waals surface area contributed by atoms with Crippen molar-refractivity contribution in [3.63, 3.8) is 0 Å². The summed E-state index contributed by atoms with van der Waals surface area (Å²) in [4.78, 5) is 24.5. The summed E-state index contributed by atoms with van der Waals surface area (Å²) < 4.78 is 23.1. The number of ether oxygens (including phenoxy) is 4. The van der Waals surface area contributed by atoms with E-state index < -0.39 is 11.7 Å². The molecule has 0 N–H and O–H groups in total. The van der Waals surface area contributed by atoms with Crippen molar-refractivity contribution < 1.29 is 28.5 Å². The van der Waals surface area contributed by atoms with E-state index in [-0.39, 0.29) is 59.0 Å². The molecule has 5 aliphatic rings. The minimum Gasteiger partial charge on any atom is -0.459 e. The van der Waals surface area contributed by atoms with Crippen LogP contribution >= 0.6 is 0 Å². The summed E-state index contributed by atoms with van der Waals surface area (Å²) >= 11 is 0. The van der Waals surface area contributed by atoms with E-state index in [0.29, 0.717) is 0 Å². The summed E-state index contributed by atoms with van der Waals surface area (Å²) in [7, 11) is 0. The molecule has 0 unspecified atom stereocenters. The summed E-state index contributed by atoms with van der Waals surface area (Å²) in [6, 6.07) is 0. The van der Waals surface area contributed by atoms with E-state index >= 15 is 0 Å². The van der Waals surface area contributed by atoms with E-state index in [1.807, 2.05) is 0 Å². The predicted octanol–water partition coefficient (Wildman–Crippen LogP) is 1.27. The fourth-order valence-electron chi connectivity index (χ4n) is 6.69. The number of epoxide rings is 1. The third kappa shape index (κ3) is 1.11. The first-order valence-electron chi connectivity index (χ1n) is 8.41. The van der Waals surface area contributed by atoms with Gasteiger partial charge in [-0.2, -0.15) is 0 Å². The van der Waals surface area contributed by atoms with Gasteiger partial charge in [0.15, 0.2) is 0 Å². The zero-order chi connectivity index (χ0) is 16.5. The molecule has 5 rings (SSSR count). The van der Waals surface area contributed by atoms with Gasteiger partial charge in [0, 0.05) is 17.8 Å². The lowest BCUT2D eigenvalue weighted by Gasteiger charge is -2.45. The standard InChI is InChI=1S/C17H22O6/c1-6-9-10(20-8(3)18)16(5)7(2)17(13(21-9)15(6,16)4)11-12(22-11)23-14(17)19/h6-7,9-13H,1-5H3/t6-,7+,9-,10-,11-,12-,13+,15-,16-,17-/m1/s1. The van der Waals surface area contributed by atoms with E-state index in [1.165, 1.54) is 6.92 Å². The van der Waals surface area contributed by atoms with E-state index in [0.717, 1.165) is 0 Å². The summed E-state index contributed by atoms with van der Waals surface area (Å²) in [6.45, 7) is 9.97. The Kier molecular flexibility index (Phi) is 2.22. The highest BCUT2D eigenvalue weighted by atomic mass is 16.8. The van der Waals surface area contributed by atoms with Crippen LogP contribution in [0.1, 0.15) is 34.6 Å². The monoisotopic (exact) mass is 322 g/mol. The molecular formula is C17H22O6. The smallest absolute Gasteiger partial charge is 0.320 e. The van der Waals surface area contributed by atoms with E-state index in [2.05, 4.69) is 27.7 Å². The molecular weight excluding hydrogens is 300 g/mol. The molecule has 1 spiro atoms. The van der Waals surface area contributed by atoms with Crippen molar-refractivity contribution in [1.29, 1.82) is 0 Å². The Bertz CT molecular complexity index is 647. The number of rotatable bonds is 1. The molecule has 23 heavy (non-hydrogen) atoms. The van der Waals surface area contributed by atoms with Gasteiger partial charge in [-0.1, -0.05) is 27.7 Å². The number of esters is 2. The van der Waals surface area contributed by atoms with Gasteiger partial charge in [-0.05, 0) is 11.8 Å². The molecule has 0 aromatic carbocycles. The Balaban J connectivity index is 1.71. The number of carbonyl (C=O) groups excluding carboxylic acids is 2. The Morgan fingerprint density at radius 3 is 2.43 bits per heavy atom. The van der Waals surface area contributed by atoms with Gasteiger partial charge in [-0.3, -0.25) is 9.59 Å². The molecule has 3 saturated heterocycles. The number of fused-ring (bicyclic) bond motifs is 4. The van der Waals surface area contributed by atoms with Gasteiger partial charge in [0.25, 0.3) is 0 Å². The normalized spacial score (nSPS) is 64.2. The number of hydrogen-bond donors (Lipinski definition) is 0. The fraction of sp³-hybridized carbons (Fsp3) is 0.882. The van der Waals surface area contributed by atoms with E-state index in [9.17, 15) is 9.59 Å². The van der Waals surface area contributed by atoms with Gasteiger partial charge in [0.1, 0.15) is 17.6 Å². The molecule has 2 saturated carbocycles. The molecule has 5 fully saturated rings. The maximum absolute atomic E-state index is 12.8. The minimum absolute atomic E-state index is 0.0469. The minimum atomic E-state index is -0.772. The average molecular weight is 322 g/mol. The quantitative estimate of drug-likeness (QED) is 0.534. The lowest BCUT2D eigenvalue weighted by molar-refractivity contribution is -0.186. The van der Waals surface area contributed by atoms with Crippen LogP contribution in [0, 0.1) is 28.1 Å². The Morgan fingerprint density at radius 1 is 1.17 bits per heavy atom. The topological polar surface area (TPSA) is 74.4 Å². The van der Waals surface area contributed by atoms with Gasteiger partial charge in [0.2, 0.25) is 6.29 Å². The van der Waals surface area contributed by atoms with Crippen LogP contribution in [0.25, 0.3) is 0 Å². The van der Waals surface area contributed by atoms with Crippen LogP contribution in [0.2, 0.25) is 0 Å². The Morgan fingerprint density at radius 2 is 1.87 bits per heavy atom. The van der Waals surface area contributed by atoms with Crippen LogP contribution in [-0.2, 0) is 28.5 Å². The third-order valence-corrected chi connectivity index (χ3v) is 8.17. The molecule has 10 atom stereocenters. The predicted molar refractivity (Wildman–Crippen MR) is 75.9 cm³/mol. The highest BCUT2D eigenvalue weighted by Gasteiger charge is 2.91. The van der Waals surface area contributed by atoms with Crippen molar-refractivity contribution in [2.45, 2.75) is 65.3 Å². The highest BCUT2D eigenvalue weighted by molar-refractivity contribution is 5.84. The molecule has 6 heteroatoms. The molecule has 0 amide bonds. The zero-order valence-electron chi connectivity index (χ0n) is 14.0. The maximum Gasteiger partial charge on any atom is 0.320 e. The fourth-order valence-corrected chi connectivity index (χ4v) is 6.69. The summed E-state index contributed by atoms with van der Waals surface area (Å²) in [5, 5.41) is 0.